The molecule has 5 rings (SSSR count). The normalized spacial score (nSPS) is 13.2. The van der Waals surface area contributed by atoms with E-state index in [-0.39, 0.29) is 28.1 Å². The molecule has 1 aliphatic rings. The lowest BCUT2D eigenvalue weighted by Gasteiger charge is -2.14. The molecule has 0 saturated heterocycles. The highest BCUT2D eigenvalue weighted by molar-refractivity contribution is 7.99. The largest absolute Gasteiger partial charge is 0.325 e. The van der Waals surface area contributed by atoms with Crippen molar-refractivity contribution >= 4 is 44.9 Å². The third-order valence-electron chi connectivity index (χ3n) is 5.49. The van der Waals surface area contributed by atoms with E-state index in [0.717, 1.165) is 47.9 Å². The number of carbonyl (C=O) groups excluding carboxylic acids is 1. The summed E-state index contributed by atoms with van der Waals surface area (Å²) in [6, 6.07) is 11.6. The molecule has 168 valence electrons. The molecule has 9 heteroatoms. The van der Waals surface area contributed by atoms with Gasteiger partial charge in [-0.05, 0) is 61.6 Å². The molecule has 0 unspecified atom stereocenters. The second kappa shape index (κ2) is 9.07. The van der Waals surface area contributed by atoms with E-state index in [2.05, 4.69) is 10.3 Å². The standard InChI is InChI=1S/C24H19F2N3O2S2/c25-14-6-5-7-15(12-14)27-20(30)13-32-24-28-22-21(16-8-1-4-11-19(16)33-22)23(31)29(24)18-10-3-2-9-17(18)26/h2-3,5-7,9-10,12H,1,4,8,11,13H2,(H,27,30). The van der Waals surface area contributed by atoms with Crippen LogP contribution in [0.3, 0.4) is 0 Å². The summed E-state index contributed by atoms with van der Waals surface area (Å²) in [6.45, 7) is 0. The number of nitrogens with one attached hydrogen (secondary N) is 1. The van der Waals surface area contributed by atoms with E-state index in [1.165, 1.54) is 46.2 Å². The Morgan fingerprint density at radius 3 is 2.76 bits per heavy atom. The number of aromatic nitrogens is 2. The van der Waals surface area contributed by atoms with Gasteiger partial charge in [-0.2, -0.15) is 0 Å². The van der Waals surface area contributed by atoms with Gasteiger partial charge in [0.15, 0.2) is 5.16 Å². The lowest BCUT2D eigenvalue weighted by atomic mass is 9.97. The summed E-state index contributed by atoms with van der Waals surface area (Å²) >= 11 is 2.54. The van der Waals surface area contributed by atoms with Crippen LogP contribution in [0, 0.1) is 11.6 Å². The Morgan fingerprint density at radius 1 is 1.12 bits per heavy atom. The summed E-state index contributed by atoms with van der Waals surface area (Å²) in [4.78, 5) is 32.6. The average Bonchev–Trinajstić information content (AvgIpc) is 3.17. The lowest BCUT2D eigenvalue weighted by Crippen LogP contribution is -2.24. The van der Waals surface area contributed by atoms with E-state index in [0.29, 0.717) is 15.9 Å². The molecule has 1 N–H and O–H groups in total. The molecular weight excluding hydrogens is 464 g/mol. The first-order valence-electron chi connectivity index (χ1n) is 10.5. The number of para-hydroxylation sites is 1. The Labute approximate surface area is 196 Å². The van der Waals surface area contributed by atoms with Crippen LogP contribution in [0.25, 0.3) is 15.9 Å². The van der Waals surface area contributed by atoms with Crippen molar-refractivity contribution < 1.29 is 13.6 Å². The summed E-state index contributed by atoms with van der Waals surface area (Å²) in [5.74, 6) is -1.46. The molecule has 2 heterocycles. The van der Waals surface area contributed by atoms with Gasteiger partial charge in [0, 0.05) is 10.6 Å². The number of rotatable bonds is 5. The Balaban J connectivity index is 1.54. The second-order valence-electron chi connectivity index (χ2n) is 7.72. The first-order valence-corrected chi connectivity index (χ1v) is 12.3. The van der Waals surface area contributed by atoms with Crippen LogP contribution in [0.5, 0.6) is 0 Å². The molecule has 0 spiro atoms. The summed E-state index contributed by atoms with van der Waals surface area (Å²) in [6.07, 6.45) is 3.80. The summed E-state index contributed by atoms with van der Waals surface area (Å²) in [5, 5.41) is 3.42. The van der Waals surface area contributed by atoms with Crippen molar-refractivity contribution in [2.24, 2.45) is 0 Å². The smallest absolute Gasteiger partial charge is 0.267 e. The van der Waals surface area contributed by atoms with Gasteiger partial charge in [0.25, 0.3) is 5.56 Å². The molecule has 1 amide bonds. The molecule has 2 aromatic carbocycles. The van der Waals surface area contributed by atoms with E-state index in [4.69, 9.17) is 0 Å². The van der Waals surface area contributed by atoms with Crippen LogP contribution in [0.15, 0.2) is 58.5 Å². The average molecular weight is 484 g/mol. The monoisotopic (exact) mass is 483 g/mol. The molecule has 0 atom stereocenters. The number of nitrogens with zero attached hydrogens (tertiary/aromatic N) is 2. The molecule has 0 bridgehead atoms. The zero-order valence-electron chi connectivity index (χ0n) is 17.4. The van der Waals surface area contributed by atoms with Gasteiger partial charge in [-0.15, -0.1) is 11.3 Å². The van der Waals surface area contributed by atoms with Gasteiger partial charge in [0.2, 0.25) is 5.91 Å². The predicted molar refractivity (Wildman–Crippen MR) is 128 cm³/mol. The maximum atomic E-state index is 14.7. The minimum Gasteiger partial charge on any atom is -0.325 e. The van der Waals surface area contributed by atoms with E-state index >= 15 is 0 Å². The summed E-state index contributed by atoms with van der Waals surface area (Å²) in [7, 11) is 0. The SMILES string of the molecule is O=C(CSc1nc2sc3c(c2c(=O)n1-c1ccccc1F)CCCC3)Nc1cccc(F)c1. The van der Waals surface area contributed by atoms with E-state index in [1.807, 2.05) is 0 Å². The Morgan fingerprint density at radius 2 is 1.94 bits per heavy atom. The van der Waals surface area contributed by atoms with Gasteiger partial charge < -0.3 is 5.32 Å². The molecule has 2 aromatic heterocycles. The zero-order valence-corrected chi connectivity index (χ0v) is 19.1. The molecule has 0 aliphatic heterocycles. The van der Waals surface area contributed by atoms with E-state index in [9.17, 15) is 18.4 Å². The van der Waals surface area contributed by atoms with Crippen molar-refractivity contribution in [3.63, 3.8) is 0 Å². The Hall–Kier alpha value is -3.04. The number of amides is 1. The fourth-order valence-corrected chi connectivity index (χ4v) is 6.13. The minimum atomic E-state index is -0.545. The van der Waals surface area contributed by atoms with Crippen molar-refractivity contribution in [2.45, 2.75) is 30.8 Å². The van der Waals surface area contributed by atoms with Gasteiger partial charge in [0.05, 0.1) is 16.8 Å². The van der Waals surface area contributed by atoms with Gasteiger partial charge in [-0.3, -0.25) is 14.2 Å². The predicted octanol–water partition coefficient (Wildman–Crippen LogP) is 5.34. The molecule has 1 aliphatic carbocycles. The number of thioether (sulfide) groups is 1. The van der Waals surface area contributed by atoms with Crippen LogP contribution in [0.2, 0.25) is 0 Å². The number of hydrogen-bond acceptors (Lipinski definition) is 5. The number of thiophene rings is 1. The molecule has 0 fully saturated rings. The third-order valence-corrected chi connectivity index (χ3v) is 7.62. The molecule has 0 radical (unpaired) electrons. The van der Waals surface area contributed by atoms with Gasteiger partial charge in [-0.25, -0.2) is 13.8 Å². The van der Waals surface area contributed by atoms with Crippen LogP contribution >= 0.6 is 23.1 Å². The first-order chi connectivity index (χ1) is 16.0. The first kappa shape index (κ1) is 21.8. The van der Waals surface area contributed by atoms with Crippen LogP contribution < -0.4 is 10.9 Å². The number of carbonyl (C=O) groups is 1. The highest BCUT2D eigenvalue weighted by Crippen LogP contribution is 2.35. The van der Waals surface area contributed by atoms with Crippen molar-refractivity contribution in [3.8, 4) is 5.69 Å². The molecule has 5 nitrogen and oxygen atoms in total. The van der Waals surface area contributed by atoms with Crippen molar-refractivity contribution in [1.82, 2.24) is 9.55 Å². The number of hydrogen-bond donors (Lipinski definition) is 1. The molecule has 0 saturated carbocycles. The van der Waals surface area contributed by atoms with Crippen LogP contribution in [0.4, 0.5) is 14.5 Å². The summed E-state index contributed by atoms with van der Waals surface area (Å²) in [5.41, 5.74) is 1.13. The molecular formula is C24H19F2N3O2S2. The third kappa shape index (κ3) is 4.30. The van der Waals surface area contributed by atoms with E-state index < -0.39 is 11.6 Å². The fourth-order valence-electron chi connectivity index (χ4n) is 4.02. The zero-order chi connectivity index (χ0) is 22.9. The highest BCUT2D eigenvalue weighted by Gasteiger charge is 2.24. The number of fused-ring (bicyclic) bond motifs is 3. The lowest BCUT2D eigenvalue weighted by molar-refractivity contribution is -0.113. The molecule has 4 aromatic rings. The van der Waals surface area contributed by atoms with Crippen molar-refractivity contribution in [1.29, 1.82) is 0 Å². The van der Waals surface area contributed by atoms with Gasteiger partial charge >= 0.3 is 0 Å². The Kier molecular flexibility index (Phi) is 5.99. The van der Waals surface area contributed by atoms with Crippen molar-refractivity contribution in [3.05, 3.63) is 81.0 Å². The quantitative estimate of drug-likeness (QED) is 0.308. The summed E-state index contributed by atoms with van der Waals surface area (Å²) < 4.78 is 29.4. The Bertz CT molecular complexity index is 1430. The van der Waals surface area contributed by atoms with Crippen LogP contribution in [-0.4, -0.2) is 21.2 Å². The maximum absolute atomic E-state index is 14.7. The number of halogens is 2. The number of benzene rings is 2. The number of anilines is 1. The fraction of sp³-hybridized carbons (Fsp3) is 0.208. The minimum absolute atomic E-state index is 0.0754. The number of aryl methyl sites for hydroxylation is 2. The van der Waals surface area contributed by atoms with E-state index in [1.54, 1.807) is 18.2 Å². The topological polar surface area (TPSA) is 64.0 Å². The molecule has 33 heavy (non-hydrogen) atoms. The van der Waals surface area contributed by atoms with Crippen molar-refractivity contribution in [2.75, 3.05) is 11.1 Å². The van der Waals surface area contributed by atoms with Gasteiger partial charge in [-0.1, -0.05) is 30.0 Å². The maximum Gasteiger partial charge on any atom is 0.267 e. The van der Waals surface area contributed by atoms with Gasteiger partial charge in [0.1, 0.15) is 16.5 Å². The highest BCUT2D eigenvalue weighted by atomic mass is 32.2. The van der Waals surface area contributed by atoms with Crippen LogP contribution in [0.1, 0.15) is 23.3 Å². The van der Waals surface area contributed by atoms with Crippen LogP contribution in [-0.2, 0) is 17.6 Å². The second-order valence-corrected chi connectivity index (χ2v) is 9.75.